The Kier molecular flexibility index (Phi) is 3.26. The summed E-state index contributed by atoms with van der Waals surface area (Å²) in [5.74, 6) is -1.24. The van der Waals surface area contributed by atoms with Gasteiger partial charge in [0.1, 0.15) is 5.56 Å². The summed E-state index contributed by atoms with van der Waals surface area (Å²) in [5, 5.41) is 8.85. The summed E-state index contributed by atoms with van der Waals surface area (Å²) in [6, 6.07) is 1.19. The van der Waals surface area contributed by atoms with Crippen molar-refractivity contribution in [3.8, 4) is 0 Å². The van der Waals surface area contributed by atoms with E-state index in [0.717, 1.165) is 19.4 Å². The molecule has 0 aromatic carbocycles. The number of halogens is 1. The zero-order valence-electron chi connectivity index (χ0n) is 9.69. The lowest BCUT2D eigenvalue weighted by atomic mass is 10.2. The van der Waals surface area contributed by atoms with Gasteiger partial charge in [-0.05, 0) is 31.7 Å². The number of rotatable bonds is 5. The minimum atomic E-state index is -1.26. The van der Waals surface area contributed by atoms with E-state index in [-0.39, 0.29) is 11.4 Å². The van der Waals surface area contributed by atoms with Crippen molar-refractivity contribution in [1.29, 1.82) is 0 Å². The Balaban J connectivity index is 2.28. The van der Waals surface area contributed by atoms with Gasteiger partial charge in [-0.25, -0.2) is 14.2 Å². The first-order valence-corrected chi connectivity index (χ1v) is 5.76. The normalized spacial score (nSPS) is 14.7. The van der Waals surface area contributed by atoms with Crippen molar-refractivity contribution in [3.63, 3.8) is 0 Å². The Bertz CT molecular complexity index is 433. The molecule has 92 valence electrons. The van der Waals surface area contributed by atoms with Crippen LogP contribution in [0.25, 0.3) is 0 Å². The van der Waals surface area contributed by atoms with Crippen LogP contribution in [0.5, 0.6) is 0 Å². The summed E-state index contributed by atoms with van der Waals surface area (Å²) in [4.78, 5) is 16.6. The van der Waals surface area contributed by atoms with E-state index in [1.807, 2.05) is 6.92 Å². The Morgan fingerprint density at radius 1 is 1.65 bits per heavy atom. The first-order chi connectivity index (χ1) is 8.13. The smallest absolute Gasteiger partial charge is 0.338 e. The predicted octanol–water partition coefficient (Wildman–Crippen LogP) is 2.16. The van der Waals surface area contributed by atoms with E-state index < -0.39 is 11.8 Å². The van der Waals surface area contributed by atoms with Gasteiger partial charge in [0.25, 0.3) is 0 Å². The van der Waals surface area contributed by atoms with Gasteiger partial charge in [-0.3, -0.25) is 0 Å². The molecule has 0 unspecified atom stereocenters. The summed E-state index contributed by atoms with van der Waals surface area (Å²) < 4.78 is 13.9. The molecule has 0 atom stereocenters. The molecule has 0 radical (unpaired) electrons. The highest BCUT2D eigenvalue weighted by atomic mass is 19.1. The minimum absolute atomic E-state index is 0.152. The number of aromatic nitrogens is 1. The Labute approximate surface area is 99.1 Å². The van der Waals surface area contributed by atoms with Crippen LogP contribution in [0, 0.1) is 11.7 Å². The lowest BCUT2D eigenvalue weighted by Gasteiger charge is -2.22. The fourth-order valence-corrected chi connectivity index (χ4v) is 1.80. The van der Waals surface area contributed by atoms with E-state index in [4.69, 9.17) is 5.11 Å². The average molecular weight is 238 g/mol. The van der Waals surface area contributed by atoms with Crippen LogP contribution in [0.15, 0.2) is 12.3 Å². The van der Waals surface area contributed by atoms with Crippen LogP contribution in [-0.4, -0.2) is 29.1 Å². The molecule has 1 aliphatic carbocycles. The number of carboxylic acid groups (broad SMARTS) is 1. The second kappa shape index (κ2) is 4.69. The average Bonchev–Trinajstić information content (AvgIpc) is 3.10. The van der Waals surface area contributed by atoms with E-state index in [1.165, 1.54) is 12.3 Å². The molecule has 1 fully saturated rings. The highest BCUT2D eigenvalue weighted by Crippen LogP contribution is 2.31. The van der Waals surface area contributed by atoms with Crippen molar-refractivity contribution in [2.24, 2.45) is 5.92 Å². The molecular formula is C12H15FN2O2. The van der Waals surface area contributed by atoms with Crippen molar-refractivity contribution >= 4 is 11.8 Å². The van der Waals surface area contributed by atoms with Crippen molar-refractivity contribution in [3.05, 3.63) is 23.6 Å². The summed E-state index contributed by atoms with van der Waals surface area (Å²) in [5.41, 5.74) is -0.316. The fourth-order valence-electron chi connectivity index (χ4n) is 1.80. The molecule has 2 rings (SSSR count). The second-order valence-corrected chi connectivity index (χ2v) is 4.28. The molecule has 5 heteroatoms. The van der Waals surface area contributed by atoms with Crippen LogP contribution < -0.4 is 4.90 Å². The summed E-state index contributed by atoms with van der Waals surface area (Å²) in [6.07, 6.45) is 3.67. The molecule has 1 aromatic heterocycles. The number of hydrogen-bond acceptors (Lipinski definition) is 3. The third-order valence-corrected chi connectivity index (χ3v) is 2.96. The molecule has 0 saturated heterocycles. The zero-order valence-corrected chi connectivity index (χ0v) is 9.69. The monoisotopic (exact) mass is 238 g/mol. The summed E-state index contributed by atoms with van der Waals surface area (Å²) in [6.45, 7) is 3.30. The quantitative estimate of drug-likeness (QED) is 0.854. The highest BCUT2D eigenvalue weighted by molar-refractivity contribution is 5.88. The molecule has 4 nitrogen and oxygen atoms in total. The van der Waals surface area contributed by atoms with Crippen LogP contribution in [-0.2, 0) is 0 Å². The number of anilines is 1. The Morgan fingerprint density at radius 3 is 2.88 bits per heavy atom. The van der Waals surface area contributed by atoms with Gasteiger partial charge in [-0.15, -0.1) is 0 Å². The first-order valence-electron chi connectivity index (χ1n) is 5.76. The molecule has 1 heterocycles. The van der Waals surface area contributed by atoms with Crippen molar-refractivity contribution in [2.45, 2.75) is 19.8 Å². The van der Waals surface area contributed by atoms with Crippen LogP contribution in [0.3, 0.4) is 0 Å². The van der Waals surface area contributed by atoms with Gasteiger partial charge in [0.2, 0.25) is 0 Å². The standard InChI is InChI=1S/C12H15FN2O2/c1-2-15(7-8-3-4-8)11-10(13)9(12(16)17)5-6-14-11/h5-6,8H,2-4,7H2,1H3,(H,16,17). The molecule has 0 spiro atoms. The van der Waals surface area contributed by atoms with Gasteiger partial charge in [-0.2, -0.15) is 0 Å². The molecule has 0 aliphatic heterocycles. The maximum atomic E-state index is 13.9. The molecule has 1 N–H and O–H groups in total. The van der Waals surface area contributed by atoms with E-state index in [0.29, 0.717) is 12.5 Å². The third-order valence-electron chi connectivity index (χ3n) is 2.96. The maximum Gasteiger partial charge on any atom is 0.338 e. The SMILES string of the molecule is CCN(CC1CC1)c1nccc(C(=O)O)c1F. The van der Waals surface area contributed by atoms with E-state index in [1.54, 1.807) is 4.90 Å². The molecule has 17 heavy (non-hydrogen) atoms. The Morgan fingerprint density at radius 2 is 2.35 bits per heavy atom. The minimum Gasteiger partial charge on any atom is -0.478 e. The molecule has 1 saturated carbocycles. The second-order valence-electron chi connectivity index (χ2n) is 4.28. The highest BCUT2D eigenvalue weighted by Gasteiger charge is 2.26. The Hall–Kier alpha value is -1.65. The van der Waals surface area contributed by atoms with Gasteiger partial charge >= 0.3 is 5.97 Å². The van der Waals surface area contributed by atoms with Gasteiger partial charge in [0.15, 0.2) is 11.6 Å². The van der Waals surface area contributed by atoms with E-state index in [9.17, 15) is 9.18 Å². The lowest BCUT2D eigenvalue weighted by Crippen LogP contribution is -2.27. The molecule has 1 aliphatic rings. The van der Waals surface area contributed by atoms with Gasteiger partial charge in [-0.1, -0.05) is 0 Å². The lowest BCUT2D eigenvalue weighted by molar-refractivity contribution is 0.0691. The number of hydrogen-bond donors (Lipinski definition) is 1. The summed E-state index contributed by atoms with van der Waals surface area (Å²) in [7, 11) is 0. The maximum absolute atomic E-state index is 13.9. The predicted molar refractivity (Wildman–Crippen MR) is 61.8 cm³/mol. The van der Waals surface area contributed by atoms with Crippen molar-refractivity contribution in [1.82, 2.24) is 4.98 Å². The van der Waals surface area contributed by atoms with Crippen LogP contribution >= 0.6 is 0 Å². The third kappa shape index (κ3) is 2.54. The molecule has 0 amide bonds. The molecule has 0 bridgehead atoms. The van der Waals surface area contributed by atoms with Crippen molar-refractivity contribution in [2.75, 3.05) is 18.0 Å². The number of nitrogens with zero attached hydrogens (tertiary/aromatic N) is 2. The fraction of sp³-hybridized carbons (Fsp3) is 0.500. The number of pyridine rings is 1. The number of carboxylic acids is 1. The van der Waals surface area contributed by atoms with E-state index >= 15 is 0 Å². The molecule has 1 aromatic rings. The van der Waals surface area contributed by atoms with Crippen molar-refractivity contribution < 1.29 is 14.3 Å². The first kappa shape index (κ1) is 11.8. The largest absolute Gasteiger partial charge is 0.478 e. The molecular weight excluding hydrogens is 223 g/mol. The van der Waals surface area contributed by atoms with Crippen LogP contribution in [0.2, 0.25) is 0 Å². The van der Waals surface area contributed by atoms with Gasteiger partial charge < -0.3 is 10.0 Å². The number of carbonyl (C=O) groups is 1. The van der Waals surface area contributed by atoms with Gasteiger partial charge in [0, 0.05) is 19.3 Å². The van der Waals surface area contributed by atoms with Crippen LogP contribution in [0.4, 0.5) is 10.2 Å². The van der Waals surface area contributed by atoms with Crippen LogP contribution in [0.1, 0.15) is 30.1 Å². The van der Waals surface area contributed by atoms with Gasteiger partial charge in [0.05, 0.1) is 0 Å². The topological polar surface area (TPSA) is 53.4 Å². The summed E-state index contributed by atoms with van der Waals surface area (Å²) >= 11 is 0. The zero-order chi connectivity index (χ0) is 12.4. The number of aromatic carboxylic acids is 1. The van der Waals surface area contributed by atoms with E-state index in [2.05, 4.69) is 4.98 Å².